The van der Waals surface area contributed by atoms with Gasteiger partial charge < -0.3 is 5.11 Å². The lowest BCUT2D eigenvalue weighted by molar-refractivity contribution is -0.137. The van der Waals surface area contributed by atoms with Crippen LogP contribution in [0.15, 0.2) is 41.5 Å². The van der Waals surface area contributed by atoms with Crippen molar-refractivity contribution >= 4 is 11.9 Å². The summed E-state index contributed by atoms with van der Waals surface area (Å²) in [7, 11) is 0. The molecule has 0 radical (unpaired) electrons. The molecule has 0 saturated heterocycles. The number of hydrogen-bond donors (Lipinski definition) is 1. The molecular formula is C27H31F3O2. The predicted octanol–water partition coefficient (Wildman–Crippen LogP) is 6.59. The smallest absolute Gasteiger partial charge is 0.393 e. The molecule has 6 atom stereocenters. The number of allylic oxidation sites excluding steroid dienone is 2. The Morgan fingerprint density at radius 2 is 1.69 bits per heavy atom. The highest BCUT2D eigenvalue weighted by atomic mass is 19.4. The van der Waals surface area contributed by atoms with E-state index in [9.17, 15) is 23.1 Å². The normalized spacial score (nSPS) is 40.5. The molecule has 32 heavy (non-hydrogen) atoms. The van der Waals surface area contributed by atoms with Crippen LogP contribution in [-0.2, 0) is 11.0 Å². The second-order valence-corrected chi connectivity index (χ2v) is 10.9. The summed E-state index contributed by atoms with van der Waals surface area (Å²) in [6.07, 6.45) is 5.76. The maximum atomic E-state index is 13.5. The summed E-state index contributed by atoms with van der Waals surface area (Å²) in [5.41, 5.74) is 1.89. The van der Waals surface area contributed by atoms with Crippen molar-refractivity contribution in [3.63, 3.8) is 0 Å². The van der Waals surface area contributed by atoms with Crippen LogP contribution in [0.4, 0.5) is 13.2 Å². The van der Waals surface area contributed by atoms with Crippen LogP contribution in [0.2, 0.25) is 0 Å². The molecule has 1 N–H and O–H groups in total. The van der Waals surface area contributed by atoms with E-state index in [1.54, 1.807) is 0 Å². The van der Waals surface area contributed by atoms with Gasteiger partial charge in [-0.2, -0.15) is 13.2 Å². The number of carbonyl (C=O) groups is 1. The largest absolute Gasteiger partial charge is 0.416 e. The molecule has 2 nitrogen and oxygen atoms in total. The first kappa shape index (κ1) is 21.9. The van der Waals surface area contributed by atoms with E-state index in [1.807, 2.05) is 6.08 Å². The van der Waals surface area contributed by atoms with Crippen LogP contribution in [-0.4, -0.2) is 17.0 Å². The number of Topliss-reactive ketones (excluding diaryl/α,β-unsaturated/α-hetero) is 1. The molecular weight excluding hydrogens is 413 g/mol. The highest BCUT2D eigenvalue weighted by Crippen LogP contribution is 2.64. The second kappa shape index (κ2) is 7.31. The summed E-state index contributed by atoms with van der Waals surface area (Å²) in [6.45, 7) is 4.47. The molecule has 1 aromatic rings. The highest BCUT2D eigenvalue weighted by Gasteiger charge is 2.59. The van der Waals surface area contributed by atoms with Gasteiger partial charge in [0.25, 0.3) is 0 Å². The molecule has 0 aliphatic heterocycles. The zero-order chi connectivity index (χ0) is 22.9. The molecule has 1 aromatic carbocycles. The van der Waals surface area contributed by atoms with E-state index < -0.39 is 11.7 Å². The van der Waals surface area contributed by atoms with Crippen molar-refractivity contribution in [1.82, 2.24) is 0 Å². The number of benzene rings is 1. The van der Waals surface area contributed by atoms with Gasteiger partial charge in [-0.25, -0.2) is 0 Å². The molecule has 0 unspecified atom stereocenters. The fourth-order valence-electron chi connectivity index (χ4n) is 7.41. The number of aliphatic hydroxyl groups excluding tert-OH is 1. The van der Waals surface area contributed by atoms with E-state index in [2.05, 4.69) is 19.9 Å². The fraction of sp³-hybridized carbons (Fsp3) is 0.593. The summed E-state index contributed by atoms with van der Waals surface area (Å²) in [6, 6.07) is 5.09. The Morgan fingerprint density at radius 1 is 1.00 bits per heavy atom. The molecule has 172 valence electrons. The van der Waals surface area contributed by atoms with E-state index >= 15 is 0 Å². The highest BCUT2D eigenvalue weighted by molar-refractivity contribution is 6.05. The third-order valence-electron chi connectivity index (χ3n) is 9.30. The molecule has 0 aromatic heterocycles. The molecule has 0 heterocycles. The van der Waals surface area contributed by atoms with Gasteiger partial charge in [0.05, 0.1) is 11.7 Å². The molecule has 4 aliphatic rings. The van der Waals surface area contributed by atoms with Gasteiger partial charge in [0, 0.05) is 5.41 Å². The molecule has 5 rings (SSSR count). The molecule has 3 saturated carbocycles. The van der Waals surface area contributed by atoms with Crippen LogP contribution >= 0.6 is 0 Å². The molecule has 4 aliphatic carbocycles. The Kier molecular flexibility index (Phi) is 5.01. The van der Waals surface area contributed by atoms with Crippen molar-refractivity contribution < 1.29 is 23.1 Å². The van der Waals surface area contributed by atoms with E-state index in [-0.39, 0.29) is 28.6 Å². The second-order valence-electron chi connectivity index (χ2n) is 10.9. The van der Waals surface area contributed by atoms with Crippen LogP contribution in [0, 0.1) is 28.6 Å². The first-order chi connectivity index (χ1) is 15.0. The summed E-state index contributed by atoms with van der Waals surface area (Å²) in [5, 5.41) is 10.2. The van der Waals surface area contributed by atoms with Crippen molar-refractivity contribution in [1.29, 1.82) is 0 Å². The number of hydrogen-bond acceptors (Lipinski definition) is 2. The topological polar surface area (TPSA) is 37.3 Å². The standard InChI is InChI=1S/C27H31F3O2/c1-25-11-9-20(31)15-19(25)7-8-21-22(25)10-12-26(2)23(21)14-17(24(26)32)13-16-3-5-18(6-4-16)27(28,29)30/h3-7,13,20-23,31H,8-12,14-15H2,1-2H3/b17-13+/t20-,21-,22+,23+,25+,26+/m1/s1. The SMILES string of the molecule is C[C@]12CC[C@@H](O)CC1=CC[C@@H]1[C@@H]2CC[C@]2(C)C(=O)/C(=C/c3ccc(C(F)(F)F)cc3)C[C@@H]12. The van der Waals surface area contributed by atoms with Gasteiger partial charge in [-0.05, 0) is 97.5 Å². The van der Waals surface area contributed by atoms with Gasteiger partial charge in [-0.3, -0.25) is 4.79 Å². The van der Waals surface area contributed by atoms with Gasteiger partial charge in [0.2, 0.25) is 0 Å². The number of ketones is 1. The third-order valence-corrected chi connectivity index (χ3v) is 9.30. The fourth-order valence-corrected chi connectivity index (χ4v) is 7.41. The van der Waals surface area contributed by atoms with E-state index in [0.29, 0.717) is 23.8 Å². The Hall–Kier alpha value is -1.88. The van der Waals surface area contributed by atoms with Crippen LogP contribution in [0.5, 0.6) is 0 Å². The molecule has 3 fully saturated rings. The lowest BCUT2D eigenvalue weighted by Crippen LogP contribution is -2.50. The lowest BCUT2D eigenvalue weighted by atomic mass is 9.48. The monoisotopic (exact) mass is 444 g/mol. The van der Waals surface area contributed by atoms with Crippen molar-refractivity contribution in [3.05, 3.63) is 52.6 Å². The first-order valence-electron chi connectivity index (χ1n) is 11.8. The van der Waals surface area contributed by atoms with Crippen LogP contribution < -0.4 is 0 Å². The van der Waals surface area contributed by atoms with Gasteiger partial charge in [0.1, 0.15) is 0 Å². The van der Waals surface area contributed by atoms with Crippen LogP contribution in [0.3, 0.4) is 0 Å². The Balaban J connectivity index is 1.43. The Morgan fingerprint density at radius 3 is 2.38 bits per heavy atom. The predicted molar refractivity (Wildman–Crippen MR) is 118 cm³/mol. The maximum absolute atomic E-state index is 13.5. The van der Waals surface area contributed by atoms with Gasteiger partial charge in [-0.1, -0.05) is 37.6 Å². The van der Waals surface area contributed by atoms with Crippen LogP contribution in [0.1, 0.15) is 69.9 Å². The number of carbonyl (C=O) groups excluding carboxylic acids is 1. The van der Waals surface area contributed by atoms with Crippen LogP contribution in [0.25, 0.3) is 6.08 Å². The average Bonchev–Trinajstić information content (AvgIpc) is 2.99. The first-order valence-corrected chi connectivity index (χ1v) is 11.8. The minimum Gasteiger partial charge on any atom is -0.393 e. The lowest BCUT2D eigenvalue weighted by Gasteiger charge is -2.56. The summed E-state index contributed by atoms with van der Waals surface area (Å²) in [5.74, 6) is 1.43. The minimum atomic E-state index is -4.36. The average molecular weight is 445 g/mol. The minimum absolute atomic E-state index is 0.117. The van der Waals surface area contributed by atoms with Crippen molar-refractivity contribution in [2.75, 3.05) is 0 Å². The van der Waals surface area contributed by atoms with Crippen molar-refractivity contribution in [2.45, 2.75) is 71.1 Å². The molecule has 5 heteroatoms. The summed E-state index contributed by atoms with van der Waals surface area (Å²) < 4.78 is 38.6. The summed E-state index contributed by atoms with van der Waals surface area (Å²) in [4.78, 5) is 13.5. The van der Waals surface area contributed by atoms with E-state index in [0.717, 1.165) is 56.2 Å². The molecule has 0 spiro atoms. The number of rotatable bonds is 1. The van der Waals surface area contributed by atoms with Crippen molar-refractivity contribution in [2.24, 2.45) is 28.6 Å². The van der Waals surface area contributed by atoms with Gasteiger partial charge >= 0.3 is 6.18 Å². The molecule has 0 bridgehead atoms. The number of halogens is 3. The summed E-state index contributed by atoms with van der Waals surface area (Å²) >= 11 is 0. The number of alkyl halides is 3. The number of aliphatic hydroxyl groups is 1. The van der Waals surface area contributed by atoms with Gasteiger partial charge in [-0.15, -0.1) is 0 Å². The van der Waals surface area contributed by atoms with Gasteiger partial charge in [0.15, 0.2) is 5.78 Å². The molecule has 0 amide bonds. The van der Waals surface area contributed by atoms with E-state index in [1.165, 1.54) is 17.7 Å². The quantitative estimate of drug-likeness (QED) is 0.392. The Labute approximate surface area is 187 Å². The zero-order valence-corrected chi connectivity index (χ0v) is 18.7. The third kappa shape index (κ3) is 3.30. The zero-order valence-electron chi connectivity index (χ0n) is 18.7. The van der Waals surface area contributed by atoms with Crippen molar-refractivity contribution in [3.8, 4) is 0 Å². The number of fused-ring (bicyclic) bond motifs is 5. The Bertz CT molecular complexity index is 989. The van der Waals surface area contributed by atoms with E-state index in [4.69, 9.17) is 0 Å². The maximum Gasteiger partial charge on any atom is 0.416 e.